The minimum absolute atomic E-state index is 0.0118. The van der Waals surface area contributed by atoms with Gasteiger partial charge >= 0.3 is 0 Å². The maximum atomic E-state index is 14.4. The fraction of sp³-hybridized carbons (Fsp3) is 0.438. The number of fused-ring (bicyclic) bond motifs is 5. The van der Waals surface area contributed by atoms with Crippen LogP contribution in [0.4, 0.5) is 0 Å². The molecule has 7 rings (SSSR count). The number of aromatic amines is 2. The summed E-state index contributed by atoms with van der Waals surface area (Å²) in [6, 6.07) is 12.1. The van der Waals surface area contributed by atoms with Crippen LogP contribution in [0.2, 0.25) is 0 Å². The number of ketones is 1. The zero-order chi connectivity index (χ0) is 26.4. The van der Waals surface area contributed by atoms with Crippen molar-refractivity contribution in [1.82, 2.24) is 15.3 Å². The first-order chi connectivity index (χ1) is 18.2. The van der Waals surface area contributed by atoms with Crippen molar-refractivity contribution < 1.29 is 14.3 Å². The molecule has 1 spiro atoms. The standard InChI is InChI=1S/C32H35N3O3/c1-17-8-7-10-22-29-31(4,38-29)19(3)27-25(15-20-16-33-23-11-6-5-9-21(20)23)35-30(37)32(22,27)26-13-12-24(34-26)28(36)18(2)14-17/h5-7,9-14,16-17,19,22,25,27,29,33-34H,8,15H2,1-4H3,(H,35,37)/b10-7+,18-14+/t17?,19-,22-,25-,27-,29-,31+,32+/m0/s1. The molecule has 6 heteroatoms. The number of hydrogen-bond acceptors (Lipinski definition) is 3. The molecule has 1 unspecified atom stereocenters. The third-order valence-electron chi connectivity index (χ3n) is 10.1. The molecule has 5 heterocycles. The number of benzene rings is 1. The van der Waals surface area contributed by atoms with E-state index in [4.69, 9.17) is 4.74 Å². The zero-order valence-electron chi connectivity index (χ0n) is 22.4. The molecule has 2 bridgehead atoms. The number of H-pyrrole nitrogens is 2. The van der Waals surface area contributed by atoms with Gasteiger partial charge in [-0.3, -0.25) is 9.59 Å². The SMILES string of the molecule is C/C1=C\C(C)C/C=C/[C@H]2[C@@H]3O[C@]3(C)[C@@H](C)[C@H]3[C@H](Cc4c[nH]c5ccccc45)NC(=O)[C@]32c2ccc([nH]2)C1=O. The average molecular weight is 510 g/mol. The second kappa shape index (κ2) is 8.06. The number of hydrogen-bond donors (Lipinski definition) is 3. The van der Waals surface area contributed by atoms with Crippen LogP contribution in [-0.2, 0) is 21.4 Å². The predicted molar refractivity (Wildman–Crippen MR) is 147 cm³/mol. The van der Waals surface area contributed by atoms with Gasteiger partial charge in [-0.1, -0.05) is 50.3 Å². The lowest BCUT2D eigenvalue weighted by molar-refractivity contribution is -0.127. The van der Waals surface area contributed by atoms with Crippen LogP contribution in [0.1, 0.15) is 55.9 Å². The van der Waals surface area contributed by atoms with Gasteiger partial charge in [-0.15, -0.1) is 0 Å². The van der Waals surface area contributed by atoms with Crippen molar-refractivity contribution in [2.75, 3.05) is 0 Å². The van der Waals surface area contributed by atoms with E-state index in [1.807, 2.05) is 31.2 Å². The number of allylic oxidation sites excluding steroid dienone is 3. The van der Waals surface area contributed by atoms with Crippen molar-refractivity contribution in [2.24, 2.45) is 23.7 Å². The van der Waals surface area contributed by atoms with Gasteiger partial charge in [0.25, 0.3) is 0 Å². The highest BCUT2D eigenvalue weighted by atomic mass is 16.6. The molecule has 2 saturated heterocycles. The van der Waals surface area contributed by atoms with E-state index in [2.05, 4.69) is 72.6 Å². The molecule has 1 amide bonds. The van der Waals surface area contributed by atoms with Gasteiger partial charge in [-0.05, 0) is 67.9 Å². The summed E-state index contributed by atoms with van der Waals surface area (Å²) in [5.74, 6) is 0.242. The minimum atomic E-state index is -0.841. The molecule has 6 nitrogen and oxygen atoms in total. The minimum Gasteiger partial charge on any atom is -0.365 e. The Morgan fingerprint density at radius 1 is 1.11 bits per heavy atom. The number of nitrogens with one attached hydrogen (secondary N) is 3. The monoisotopic (exact) mass is 509 g/mol. The van der Waals surface area contributed by atoms with Crippen LogP contribution in [0.3, 0.4) is 0 Å². The van der Waals surface area contributed by atoms with Gasteiger partial charge in [0.05, 0.1) is 17.4 Å². The van der Waals surface area contributed by atoms with Gasteiger partial charge in [0.1, 0.15) is 5.41 Å². The molecule has 3 aliphatic heterocycles. The Hall–Kier alpha value is -3.38. The lowest BCUT2D eigenvalue weighted by Gasteiger charge is -2.46. The normalized spacial score (nSPS) is 40.2. The van der Waals surface area contributed by atoms with Crippen LogP contribution in [-0.4, -0.2) is 39.4 Å². The van der Waals surface area contributed by atoms with Crippen molar-refractivity contribution in [2.45, 2.75) is 63.7 Å². The average Bonchev–Trinajstić information content (AvgIpc) is 3.23. The third-order valence-corrected chi connectivity index (χ3v) is 10.1. The Labute approximate surface area is 222 Å². The van der Waals surface area contributed by atoms with Crippen LogP contribution in [0.15, 0.2) is 66.4 Å². The summed E-state index contributed by atoms with van der Waals surface area (Å²) >= 11 is 0. The number of para-hydroxylation sites is 1. The Bertz CT molecular complexity index is 1530. The Balaban J connectivity index is 1.40. The predicted octanol–water partition coefficient (Wildman–Crippen LogP) is 5.24. The number of amides is 1. The quantitative estimate of drug-likeness (QED) is 0.326. The van der Waals surface area contributed by atoms with Crippen LogP contribution in [0.5, 0.6) is 0 Å². The molecule has 1 aliphatic carbocycles. The van der Waals surface area contributed by atoms with E-state index in [0.717, 1.165) is 29.6 Å². The van der Waals surface area contributed by atoms with E-state index < -0.39 is 5.41 Å². The van der Waals surface area contributed by atoms with Crippen molar-refractivity contribution in [3.63, 3.8) is 0 Å². The van der Waals surface area contributed by atoms with E-state index in [-0.39, 0.29) is 53.1 Å². The van der Waals surface area contributed by atoms with Gasteiger partial charge in [-0.2, -0.15) is 0 Å². The molecule has 1 saturated carbocycles. The molecule has 0 radical (unpaired) electrons. The lowest BCUT2D eigenvalue weighted by atomic mass is 9.52. The second-order valence-corrected chi connectivity index (χ2v) is 12.2. The molecule has 3 fully saturated rings. The fourth-order valence-electron chi connectivity index (χ4n) is 8.03. The van der Waals surface area contributed by atoms with Gasteiger partial charge in [0, 0.05) is 40.7 Å². The molecule has 3 N–H and O–H groups in total. The first-order valence-electron chi connectivity index (χ1n) is 13.9. The van der Waals surface area contributed by atoms with Crippen LogP contribution >= 0.6 is 0 Å². The van der Waals surface area contributed by atoms with Crippen LogP contribution in [0, 0.1) is 23.7 Å². The molecule has 8 atom stereocenters. The molecule has 196 valence electrons. The Morgan fingerprint density at radius 2 is 1.92 bits per heavy atom. The summed E-state index contributed by atoms with van der Waals surface area (Å²) < 4.78 is 6.49. The van der Waals surface area contributed by atoms with E-state index in [1.54, 1.807) is 0 Å². The van der Waals surface area contributed by atoms with Crippen LogP contribution in [0.25, 0.3) is 10.9 Å². The van der Waals surface area contributed by atoms with E-state index in [1.165, 1.54) is 10.9 Å². The maximum Gasteiger partial charge on any atom is 0.233 e. The van der Waals surface area contributed by atoms with Crippen molar-refractivity contribution in [3.05, 3.63) is 83.3 Å². The summed E-state index contributed by atoms with van der Waals surface area (Å²) in [5.41, 5.74) is 3.29. The van der Waals surface area contributed by atoms with E-state index in [0.29, 0.717) is 5.69 Å². The number of carbonyl (C=O) groups is 2. The molecule has 2 aromatic heterocycles. The summed E-state index contributed by atoms with van der Waals surface area (Å²) in [7, 11) is 0. The lowest BCUT2D eigenvalue weighted by Crippen LogP contribution is -2.57. The van der Waals surface area contributed by atoms with Crippen molar-refractivity contribution in [1.29, 1.82) is 0 Å². The number of Topliss-reactive ketones (excluding diaryl/α,β-unsaturated/α-hetero) is 1. The molecule has 1 aromatic carbocycles. The summed E-state index contributed by atoms with van der Waals surface area (Å²) in [4.78, 5) is 34.5. The summed E-state index contributed by atoms with van der Waals surface area (Å²) in [6.45, 7) is 8.46. The topological polar surface area (TPSA) is 90.3 Å². The third kappa shape index (κ3) is 3.10. The van der Waals surface area contributed by atoms with Crippen LogP contribution < -0.4 is 5.32 Å². The summed E-state index contributed by atoms with van der Waals surface area (Å²) in [5, 5.41) is 4.65. The second-order valence-electron chi connectivity index (χ2n) is 12.2. The maximum absolute atomic E-state index is 14.4. The number of aromatic nitrogens is 2. The van der Waals surface area contributed by atoms with Crippen molar-refractivity contribution >= 4 is 22.6 Å². The molecule has 3 aromatic rings. The highest BCUT2D eigenvalue weighted by Gasteiger charge is 2.77. The smallest absolute Gasteiger partial charge is 0.233 e. The Morgan fingerprint density at radius 3 is 2.76 bits per heavy atom. The van der Waals surface area contributed by atoms with E-state index >= 15 is 0 Å². The molecule has 4 aliphatic rings. The van der Waals surface area contributed by atoms with Gasteiger partial charge in [0.2, 0.25) is 11.7 Å². The molecular formula is C32H35N3O3. The first-order valence-corrected chi connectivity index (χ1v) is 13.9. The van der Waals surface area contributed by atoms with Gasteiger partial charge in [0.15, 0.2) is 0 Å². The number of rotatable bonds is 2. The molecule has 38 heavy (non-hydrogen) atoms. The zero-order valence-corrected chi connectivity index (χ0v) is 22.4. The largest absolute Gasteiger partial charge is 0.365 e. The highest BCUT2D eigenvalue weighted by molar-refractivity contribution is 6.07. The van der Waals surface area contributed by atoms with Gasteiger partial charge < -0.3 is 20.0 Å². The van der Waals surface area contributed by atoms with Gasteiger partial charge in [-0.25, -0.2) is 0 Å². The number of carbonyl (C=O) groups excluding carboxylic acids is 2. The molecular weight excluding hydrogens is 474 g/mol. The summed E-state index contributed by atoms with van der Waals surface area (Å²) in [6.07, 6.45) is 10.1. The first kappa shape index (κ1) is 23.7. The van der Waals surface area contributed by atoms with Crippen molar-refractivity contribution in [3.8, 4) is 0 Å². The fourth-order valence-corrected chi connectivity index (χ4v) is 8.03. The highest BCUT2D eigenvalue weighted by Crippen LogP contribution is 2.66. The van der Waals surface area contributed by atoms with E-state index in [9.17, 15) is 9.59 Å². The Kier molecular flexibility index (Phi) is 5.03. The number of ether oxygens (including phenoxy) is 1. The number of epoxide rings is 1.